The predicted octanol–water partition coefficient (Wildman–Crippen LogP) is 0.380. The summed E-state index contributed by atoms with van der Waals surface area (Å²) < 4.78 is 36.0. The van der Waals surface area contributed by atoms with Gasteiger partial charge in [-0.2, -0.15) is 4.31 Å². The Morgan fingerprint density at radius 3 is 2.64 bits per heavy atom. The van der Waals surface area contributed by atoms with Gasteiger partial charge in [-0.3, -0.25) is 0 Å². The molecule has 0 spiro atoms. The largest absolute Gasteiger partial charge is 0.246 e. The highest BCUT2D eigenvalue weighted by Gasteiger charge is 2.29. The summed E-state index contributed by atoms with van der Waals surface area (Å²) >= 11 is 0. The van der Waals surface area contributed by atoms with Crippen LogP contribution in [0.25, 0.3) is 0 Å². The van der Waals surface area contributed by atoms with Crippen LogP contribution in [0.2, 0.25) is 0 Å². The van der Waals surface area contributed by atoms with Gasteiger partial charge in [0.2, 0.25) is 10.0 Å². The molecule has 66 valence electrons. The van der Waals surface area contributed by atoms with E-state index in [2.05, 4.69) is 0 Å². The van der Waals surface area contributed by atoms with Crippen molar-refractivity contribution >= 4 is 10.0 Å². The first-order valence-electron chi connectivity index (χ1n) is 3.68. The third kappa shape index (κ3) is 1.90. The Morgan fingerprint density at radius 2 is 2.27 bits per heavy atom. The fourth-order valence-electron chi connectivity index (χ4n) is 1.12. The zero-order valence-corrected chi connectivity index (χ0v) is 7.27. The molecular formula is C6H12FNO2S. The number of rotatable bonds is 2. The van der Waals surface area contributed by atoms with Gasteiger partial charge in [0.25, 0.3) is 0 Å². The Bertz CT molecular complexity index is 227. The van der Waals surface area contributed by atoms with Crippen LogP contribution in [-0.4, -0.2) is 37.7 Å². The number of alkyl halides is 1. The van der Waals surface area contributed by atoms with Crippen LogP contribution in [0, 0.1) is 0 Å². The summed E-state index contributed by atoms with van der Waals surface area (Å²) in [5.74, 6) is 0.0692. The molecule has 0 saturated carbocycles. The van der Waals surface area contributed by atoms with Crippen LogP contribution in [0.5, 0.6) is 0 Å². The molecule has 0 aromatic heterocycles. The van der Waals surface area contributed by atoms with Gasteiger partial charge in [0.15, 0.2) is 0 Å². The van der Waals surface area contributed by atoms with E-state index in [1.807, 2.05) is 0 Å². The molecule has 0 aromatic carbocycles. The number of hydrogen-bond acceptors (Lipinski definition) is 2. The summed E-state index contributed by atoms with van der Waals surface area (Å²) in [5.41, 5.74) is 0. The lowest BCUT2D eigenvalue weighted by Crippen LogP contribution is -2.30. The zero-order valence-electron chi connectivity index (χ0n) is 6.46. The molecule has 1 unspecified atom stereocenters. The molecule has 1 aliphatic rings. The number of hydrogen-bond donors (Lipinski definition) is 0. The van der Waals surface area contributed by atoms with Gasteiger partial charge in [-0.25, -0.2) is 12.8 Å². The van der Waals surface area contributed by atoms with E-state index in [-0.39, 0.29) is 12.3 Å². The molecule has 1 saturated heterocycles. The van der Waals surface area contributed by atoms with Gasteiger partial charge >= 0.3 is 0 Å². The zero-order chi connectivity index (χ0) is 8.48. The van der Waals surface area contributed by atoms with Gasteiger partial charge in [0.05, 0.1) is 5.75 Å². The number of halogens is 1. The highest BCUT2D eigenvalue weighted by Crippen LogP contribution is 2.15. The van der Waals surface area contributed by atoms with Gasteiger partial charge in [0.1, 0.15) is 6.17 Å². The first-order valence-corrected chi connectivity index (χ1v) is 5.29. The smallest absolute Gasteiger partial charge is 0.213 e. The molecule has 0 aromatic rings. The highest BCUT2D eigenvalue weighted by atomic mass is 32.2. The van der Waals surface area contributed by atoms with Crippen molar-refractivity contribution in [2.75, 3.05) is 18.8 Å². The van der Waals surface area contributed by atoms with E-state index in [0.29, 0.717) is 13.0 Å². The van der Waals surface area contributed by atoms with Crippen LogP contribution in [0.1, 0.15) is 13.3 Å². The Labute approximate surface area is 66.2 Å². The Morgan fingerprint density at radius 1 is 1.64 bits per heavy atom. The van der Waals surface area contributed by atoms with Crippen molar-refractivity contribution in [3.63, 3.8) is 0 Å². The highest BCUT2D eigenvalue weighted by molar-refractivity contribution is 7.89. The van der Waals surface area contributed by atoms with Gasteiger partial charge in [-0.1, -0.05) is 0 Å². The lowest BCUT2D eigenvalue weighted by atomic mass is 10.4. The Balaban J connectivity index is 2.64. The summed E-state index contributed by atoms with van der Waals surface area (Å²) in [6, 6.07) is 0. The third-order valence-electron chi connectivity index (χ3n) is 1.85. The molecule has 3 nitrogen and oxygen atoms in total. The molecule has 1 fully saturated rings. The lowest BCUT2D eigenvalue weighted by Gasteiger charge is -2.12. The van der Waals surface area contributed by atoms with E-state index in [9.17, 15) is 12.8 Å². The van der Waals surface area contributed by atoms with Crippen molar-refractivity contribution in [3.8, 4) is 0 Å². The third-order valence-corrected chi connectivity index (χ3v) is 3.70. The minimum Gasteiger partial charge on any atom is -0.246 e. The molecule has 0 bridgehead atoms. The molecule has 1 rings (SSSR count). The minimum atomic E-state index is -3.14. The van der Waals surface area contributed by atoms with Crippen LogP contribution in [0.4, 0.5) is 4.39 Å². The Kier molecular flexibility index (Phi) is 2.49. The van der Waals surface area contributed by atoms with Crippen molar-refractivity contribution in [1.82, 2.24) is 4.31 Å². The monoisotopic (exact) mass is 181 g/mol. The maximum atomic E-state index is 12.5. The van der Waals surface area contributed by atoms with Crippen molar-refractivity contribution < 1.29 is 12.8 Å². The number of nitrogens with zero attached hydrogens (tertiary/aromatic N) is 1. The minimum absolute atomic E-state index is 0.0518. The maximum absolute atomic E-state index is 12.5. The van der Waals surface area contributed by atoms with E-state index in [1.165, 1.54) is 4.31 Å². The average Bonchev–Trinajstić information content (AvgIpc) is 2.36. The molecule has 0 N–H and O–H groups in total. The molecule has 0 radical (unpaired) electrons. The second-order valence-corrected chi connectivity index (χ2v) is 4.90. The van der Waals surface area contributed by atoms with E-state index in [0.717, 1.165) is 0 Å². The second kappa shape index (κ2) is 3.06. The molecule has 11 heavy (non-hydrogen) atoms. The fraction of sp³-hybridized carbons (Fsp3) is 1.00. The maximum Gasteiger partial charge on any atom is 0.213 e. The predicted molar refractivity (Wildman–Crippen MR) is 40.5 cm³/mol. The second-order valence-electron chi connectivity index (χ2n) is 2.64. The average molecular weight is 181 g/mol. The fourth-order valence-corrected chi connectivity index (χ4v) is 2.26. The number of sulfonamides is 1. The van der Waals surface area contributed by atoms with Crippen LogP contribution < -0.4 is 0 Å². The van der Waals surface area contributed by atoms with Crippen LogP contribution in [0.3, 0.4) is 0 Å². The van der Waals surface area contributed by atoms with Gasteiger partial charge < -0.3 is 0 Å². The van der Waals surface area contributed by atoms with E-state index in [1.54, 1.807) is 6.92 Å². The molecule has 1 heterocycles. The van der Waals surface area contributed by atoms with Crippen molar-refractivity contribution in [1.29, 1.82) is 0 Å². The molecule has 5 heteroatoms. The summed E-state index contributed by atoms with van der Waals surface area (Å²) in [7, 11) is -3.14. The van der Waals surface area contributed by atoms with Crippen molar-refractivity contribution in [3.05, 3.63) is 0 Å². The van der Waals surface area contributed by atoms with Gasteiger partial charge in [-0.15, -0.1) is 0 Å². The van der Waals surface area contributed by atoms with Crippen LogP contribution in [0.15, 0.2) is 0 Å². The first kappa shape index (κ1) is 8.93. The standard InChI is InChI=1S/C6H12FNO2S/c1-2-11(9,10)8-4-3-6(7)5-8/h6H,2-5H2,1H3. The molecule has 0 amide bonds. The van der Waals surface area contributed by atoms with Gasteiger partial charge in [-0.05, 0) is 13.3 Å². The van der Waals surface area contributed by atoms with Gasteiger partial charge in [0, 0.05) is 13.1 Å². The van der Waals surface area contributed by atoms with E-state index in [4.69, 9.17) is 0 Å². The molecule has 1 aliphatic heterocycles. The summed E-state index contributed by atoms with van der Waals surface area (Å²) in [6.45, 7) is 1.97. The van der Waals surface area contributed by atoms with Crippen molar-refractivity contribution in [2.24, 2.45) is 0 Å². The van der Waals surface area contributed by atoms with Crippen LogP contribution in [-0.2, 0) is 10.0 Å². The van der Waals surface area contributed by atoms with Crippen LogP contribution >= 0.6 is 0 Å². The summed E-state index contributed by atoms with van der Waals surface area (Å²) in [4.78, 5) is 0. The topological polar surface area (TPSA) is 37.4 Å². The molecular weight excluding hydrogens is 169 g/mol. The summed E-state index contributed by atoms with van der Waals surface area (Å²) in [6.07, 6.45) is -0.615. The molecule has 1 atom stereocenters. The normalized spacial score (nSPS) is 27.6. The Hall–Kier alpha value is -0.160. The first-order chi connectivity index (χ1) is 5.06. The lowest BCUT2D eigenvalue weighted by molar-refractivity contribution is 0.343. The summed E-state index contributed by atoms with van der Waals surface area (Å²) in [5, 5.41) is 0. The SMILES string of the molecule is CCS(=O)(=O)N1CCC(F)C1. The van der Waals surface area contributed by atoms with E-state index < -0.39 is 16.2 Å². The quantitative estimate of drug-likeness (QED) is 0.617. The van der Waals surface area contributed by atoms with Crippen molar-refractivity contribution in [2.45, 2.75) is 19.5 Å². The van der Waals surface area contributed by atoms with E-state index >= 15 is 0 Å². The molecule has 0 aliphatic carbocycles.